The van der Waals surface area contributed by atoms with Crippen LogP contribution in [0.2, 0.25) is 0 Å². The first kappa shape index (κ1) is 11.0. The molecule has 0 radical (unpaired) electrons. The second kappa shape index (κ2) is 4.27. The van der Waals surface area contributed by atoms with E-state index in [0.717, 1.165) is 15.9 Å². The number of nitrogens with two attached hydrogens (primary N) is 1. The van der Waals surface area contributed by atoms with Crippen LogP contribution < -0.4 is 10.5 Å². The number of rotatable bonds is 2. The van der Waals surface area contributed by atoms with E-state index in [9.17, 15) is 0 Å². The number of thiazole rings is 1. The molecule has 2 heterocycles. The van der Waals surface area contributed by atoms with Crippen LogP contribution in [-0.4, -0.2) is 9.97 Å². The van der Waals surface area contributed by atoms with Gasteiger partial charge < -0.3 is 10.5 Å². The first-order valence-corrected chi connectivity index (χ1v) is 6.35. The van der Waals surface area contributed by atoms with Crippen molar-refractivity contribution in [2.75, 3.05) is 5.73 Å². The zero-order valence-electron chi connectivity index (χ0n) is 9.75. The number of hydrogen-bond acceptors (Lipinski definition) is 5. The Kier molecular flexibility index (Phi) is 2.60. The summed E-state index contributed by atoms with van der Waals surface area (Å²) in [4.78, 5) is 8.42. The third-order valence-electron chi connectivity index (χ3n) is 2.68. The van der Waals surface area contributed by atoms with E-state index in [1.54, 1.807) is 23.0 Å². The number of nitrogen functional groups attached to an aromatic ring is 1. The molecule has 0 saturated carbocycles. The average molecular weight is 257 g/mol. The van der Waals surface area contributed by atoms with E-state index in [1.165, 1.54) is 0 Å². The van der Waals surface area contributed by atoms with Crippen molar-refractivity contribution >= 4 is 27.2 Å². The first-order valence-electron chi connectivity index (χ1n) is 5.47. The summed E-state index contributed by atoms with van der Waals surface area (Å²) in [6.07, 6.45) is 1.73. The highest BCUT2D eigenvalue weighted by atomic mass is 32.1. The molecule has 0 aliphatic carbocycles. The molecule has 0 bridgehead atoms. The van der Waals surface area contributed by atoms with Gasteiger partial charge in [-0.2, -0.15) is 0 Å². The smallest absolute Gasteiger partial charge is 0.152 e. The van der Waals surface area contributed by atoms with Crippen LogP contribution in [0.5, 0.6) is 11.5 Å². The molecule has 2 N–H and O–H groups in total. The lowest BCUT2D eigenvalue weighted by Gasteiger charge is -2.10. The highest BCUT2D eigenvalue weighted by Gasteiger charge is 2.09. The highest BCUT2D eigenvalue weighted by molar-refractivity contribution is 7.16. The summed E-state index contributed by atoms with van der Waals surface area (Å²) in [7, 11) is 0. The summed E-state index contributed by atoms with van der Waals surface area (Å²) in [6.45, 7) is 1.90. The Morgan fingerprint density at radius 3 is 2.89 bits per heavy atom. The van der Waals surface area contributed by atoms with E-state index in [-0.39, 0.29) is 0 Å². The lowest BCUT2D eigenvalue weighted by Crippen LogP contribution is -1.95. The third-order valence-corrected chi connectivity index (χ3v) is 3.47. The lowest BCUT2D eigenvalue weighted by molar-refractivity contribution is 0.478. The Morgan fingerprint density at radius 1 is 1.17 bits per heavy atom. The fourth-order valence-electron chi connectivity index (χ4n) is 1.72. The minimum absolute atomic E-state index is 0.567. The van der Waals surface area contributed by atoms with Crippen LogP contribution >= 0.6 is 11.3 Å². The maximum absolute atomic E-state index is 6.06. The van der Waals surface area contributed by atoms with E-state index >= 15 is 0 Å². The van der Waals surface area contributed by atoms with Crippen molar-refractivity contribution in [2.45, 2.75) is 6.92 Å². The van der Waals surface area contributed by atoms with E-state index in [4.69, 9.17) is 10.5 Å². The average Bonchev–Trinajstić information content (AvgIpc) is 2.84. The zero-order valence-corrected chi connectivity index (χ0v) is 10.6. The summed E-state index contributed by atoms with van der Waals surface area (Å²) >= 11 is 1.56. The fraction of sp³-hybridized carbons (Fsp3) is 0.0769. The third kappa shape index (κ3) is 1.78. The number of fused-ring (bicyclic) bond motifs is 1. The van der Waals surface area contributed by atoms with Crippen LogP contribution in [0.3, 0.4) is 0 Å². The van der Waals surface area contributed by atoms with Crippen molar-refractivity contribution in [3.05, 3.63) is 41.7 Å². The molecule has 2 aromatic heterocycles. The quantitative estimate of drug-likeness (QED) is 0.715. The molecule has 0 amide bonds. The number of nitrogens with zero attached hydrogens (tertiary/aromatic N) is 2. The molecule has 4 nitrogen and oxygen atoms in total. The molecule has 3 rings (SSSR count). The van der Waals surface area contributed by atoms with Gasteiger partial charge in [0.1, 0.15) is 17.0 Å². The van der Waals surface area contributed by atoms with Crippen molar-refractivity contribution in [1.82, 2.24) is 9.97 Å². The normalized spacial score (nSPS) is 10.7. The summed E-state index contributed by atoms with van der Waals surface area (Å²) in [6, 6.07) is 7.53. The van der Waals surface area contributed by atoms with Gasteiger partial charge >= 0.3 is 0 Å². The van der Waals surface area contributed by atoms with Crippen molar-refractivity contribution in [3.8, 4) is 11.5 Å². The Morgan fingerprint density at radius 2 is 2.06 bits per heavy atom. The van der Waals surface area contributed by atoms with E-state index in [2.05, 4.69) is 9.97 Å². The molecule has 0 spiro atoms. The summed E-state index contributed by atoms with van der Waals surface area (Å²) in [5, 5.41) is 0. The van der Waals surface area contributed by atoms with Crippen LogP contribution in [0.25, 0.3) is 10.2 Å². The van der Waals surface area contributed by atoms with Crippen LogP contribution in [0, 0.1) is 6.92 Å². The Bertz CT molecular complexity index is 708. The van der Waals surface area contributed by atoms with Gasteiger partial charge in [-0.15, -0.1) is 11.3 Å². The van der Waals surface area contributed by atoms with Crippen LogP contribution in [0.1, 0.15) is 5.69 Å². The topological polar surface area (TPSA) is 61.0 Å². The number of aryl methyl sites for hydroxylation is 1. The first-order chi connectivity index (χ1) is 8.75. The number of pyridine rings is 1. The zero-order chi connectivity index (χ0) is 12.5. The van der Waals surface area contributed by atoms with E-state index in [1.807, 2.05) is 31.2 Å². The molecule has 0 unspecified atom stereocenters. The minimum Gasteiger partial charge on any atom is -0.453 e. The van der Waals surface area contributed by atoms with Crippen molar-refractivity contribution < 1.29 is 4.74 Å². The largest absolute Gasteiger partial charge is 0.453 e. The molecule has 0 aliphatic heterocycles. The van der Waals surface area contributed by atoms with Gasteiger partial charge in [0.05, 0.1) is 15.9 Å². The van der Waals surface area contributed by atoms with Gasteiger partial charge in [-0.3, -0.25) is 4.98 Å². The highest BCUT2D eigenvalue weighted by Crippen LogP contribution is 2.34. The second-order valence-corrected chi connectivity index (χ2v) is 4.75. The molecule has 0 fully saturated rings. The molecule has 90 valence electrons. The molecular formula is C13H11N3OS. The number of ether oxygens (including phenoxy) is 1. The number of hydrogen-bond donors (Lipinski definition) is 1. The van der Waals surface area contributed by atoms with Crippen molar-refractivity contribution in [1.29, 1.82) is 0 Å². The van der Waals surface area contributed by atoms with Gasteiger partial charge in [-0.25, -0.2) is 4.98 Å². The Balaban J connectivity index is 2.05. The summed E-state index contributed by atoms with van der Waals surface area (Å²) in [5.41, 5.74) is 10.0. The van der Waals surface area contributed by atoms with Crippen molar-refractivity contribution in [2.24, 2.45) is 0 Å². The summed E-state index contributed by atoms with van der Waals surface area (Å²) < 4.78 is 6.85. The number of anilines is 1. The second-order valence-electron chi connectivity index (χ2n) is 3.87. The molecule has 0 atom stereocenters. The maximum Gasteiger partial charge on any atom is 0.152 e. The summed E-state index contributed by atoms with van der Waals surface area (Å²) in [5.74, 6) is 1.32. The molecule has 18 heavy (non-hydrogen) atoms. The van der Waals surface area contributed by atoms with Gasteiger partial charge in [-0.1, -0.05) is 0 Å². The van der Waals surface area contributed by atoms with Gasteiger partial charge in [0.2, 0.25) is 0 Å². The number of benzene rings is 1. The Hall–Kier alpha value is -2.14. The monoisotopic (exact) mass is 257 g/mol. The van der Waals surface area contributed by atoms with Gasteiger partial charge in [0.25, 0.3) is 0 Å². The van der Waals surface area contributed by atoms with Crippen LogP contribution in [-0.2, 0) is 0 Å². The number of aromatic nitrogens is 2. The van der Waals surface area contributed by atoms with E-state index in [0.29, 0.717) is 17.2 Å². The molecule has 0 aliphatic rings. The predicted octanol–water partition coefficient (Wildman–Crippen LogP) is 3.37. The Labute approximate surface area is 108 Å². The van der Waals surface area contributed by atoms with Crippen LogP contribution in [0.4, 0.5) is 5.69 Å². The SMILES string of the molecule is Cc1ncccc1Oc1ccc2scnc2c1N. The molecule has 1 aromatic carbocycles. The lowest BCUT2D eigenvalue weighted by atomic mass is 10.2. The molecular weight excluding hydrogens is 246 g/mol. The van der Waals surface area contributed by atoms with Gasteiger partial charge in [0, 0.05) is 6.20 Å². The van der Waals surface area contributed by atoms with Crippen LogP contribution in [0.15, 0.2) is 36.0 Å². The maximum atomic E-state index is 6.06. The molecule has 3 aromatic rings. The fourth-order valence-corrected chi connectivity index (χ4v) is 2.41. The van der Waals surface area contributed by atoms with Crippen molar-refractivity contribution in [3.63, 3.8) is 0 Å². The standard InChI is InChI=1S/C13H11N3OS/c1-8-9(3-2-6-15-8)17-10-4-5-11-13(12(10)14)16-7-18-11/h2-7H,14H2,1H3. The molecule has 5 heteroatoms. The van der Waals surface area contributed by atoms with Gasteiger partial charge in [0.15, 0.2) is 5.75 Å². The minimum atomic E-state index is 0.567. The van der Waals surface area contributed by atoms with E-state index < -0.39 is 0 Å². The van der Waals surface area contributed by atoms with Gasteiger partial charge in [-0.05, 0) is 31.2 Å². The molecule has 0 saturated heterocycles. The predicted molar refractivity (Wildman–Crippen MR) is 73.1 cm³/mol.